The standard InChI is InChI=1S/C24H16Cl2F3N3O5S.C14H10BrCl2F3N2O3S.C12H12N2O3/c1-36-13-32(38(34,35)15-6-7-19(26)18(11-15)24(27,28)29)20-10-14(25)12-31-21(20)22(33)16-4-2-3-5-17(16)23-30-8-9-37-23;1-25-7-22(12-4-8(16)6-21-13(12)15)26(23,24)9-2-3-11(17)10(5-9)14(18,19)20;1-14(16-2)12(15)10-6-4-3-5-9(10)11-13-7-8-17-11/h2-12H,13H2,1H3;2-6H,7H2,1H3;3-8H,1-2H3. The largest absolute Gasteiger partial charge is 0.445 e. The van der Waals surface area contributed by atoms with Gasteiger partial charge in [-0.15, -0.1) is 0 Å². The van der Waals surface area contributed by atoms with Crippen molar-refractivity contribution in [1.29, 1.82) is 0 Å². The van der Waals surface area contributed by atoms with E-state index in [1.807, 2.05) is 6.07 Å². The van der Waals surface area contributed by atoms with Crippen molar-refractivity contribution >= 4 is 105 Å². The van der Waals surface area contributed by atoms with Crippen LogP contribution in [0.4, 0.5) is 37.7 Å². The molecule has 4 heterocycles. The van der Waals surface area contributed by atoms with Gasteiger partial charge in [0.05, 0.1) is 77.5 Å². The topological polar surface area (TPSA) is 218 Å². The molecule has 81 heavy (non-hydrogen) atoms. The molecule has 0 aliphatic carbocycles. The second-order valence-electron chi connectivity index (χ2n) is 15.9. The number of hydroxylamine groups is 2. The van der Waals surface area contributed by atoms with Gasteiger partial charge in [0.15, 0.2) is 0 Å². The van der Waals surface area contributed by atoms with Gasteiger partial charge in [0.2, 0.25) is 17.6 Å². The van der Waals surface area contributed by atoms with Crippen LogP contribution in [0.25, 0.3) is 22.9 Å². The summed E-state index contributed by atoms with van der Waals surface area (Å²) in [6, 6.07) is 20.2. The van der Waals surface area contributed by atoms with Crippen molar-refractivity contribution in [1.82, 2.24) is 25.0 Å². The molecule has 4 aromatic carbocycles. The summed E-state index contributed by atoms with van der Waals surface area (Å²) in [7, 11) is -3.80. The lowest BCUT2D eigenvalue weighted by molar-refractivity contribution is -0.138. The number of aromatic nitrogens is 4. The molecule has 0 N–H and O–H groups in total. The van der Waals surface area contributed by atoms with E-state index >= 15 is 0 Å². The number of halogens is 11. The Kier molecular flexibility index (Phi) is 21.1. The Morgan fingerprint density at radius 3 is 1.48 bits per heavy atom. The fraction of sp³-hybridized carbons (Fsp3) is 0.160. The molecule has 0 aliphatic heterocycles. The summed E-state index contributed by atoms with van der Waals surface area (Å²) in [6.07, 6.45) is -1.62. The Bertz CT molecular complexity index is 3760. The summed E-state index contributed by atoms with van der Waals surface area (Å²) < 4.78 is 154. The first-order valence-corrected chi connectivity index (χ1v) is 27.4. The van der Waals surface area contributed by atoms with Crippen molar-refractivity contribution < 1.29 is 75.9 Å². The number of sulfonamides is 2. The zero-order valence-electron chi connectivity index (χ0n) is 41.7. The zero-order chi connectivity index (χ0) is 59.6. The van der Waals surface area contributed by atoms with Crippen LogP contribution in [0.15, 0.2) is 158 Å². The fourth-order valence-electron chi connectivity index (χ4n) is 6.99. The van der Waals surface area contributed by atoms with Crippen molar-refractivity contribution in [2.75, 3.05) is 50.4 Å². The minimum absolute atomic E-state index is 0.00265. The predicted molar refractivity (Wildman–Crippen MR) is 289 cm³/mol. The van der Waals surface area contributed by atoms with E-state index in [1.165, 1.54) is 64.6 Å². The average molecular weight is 1310 g/mol. The van der Waals surface area contributed by atoms with Crippen LogP contribution in [0.1, 0.15) is 37.5 Å². The first kappa shape index (κ1) is 63.5. The first-order chi connectivity index (χ1) is 38.2. The third kappa shape index (κ3) is 15.1. The highest BCUT2D eigenvalue weighted by Crippen LogP contribution is 2.40. The number of ketones is 1. The first-order valence-electron chi connectivity index (χ1n) is 22.2. The highest BCUT2D eigenvalue weighted by molar-refractivity contribution is 9.10. The van der Waals surface area contributed by atoms with Gasteiger partial charge >= 0.3 is 12.4 Å². The number of benzene rings is 4. The molecule has 0 saturated carbocycles. The minimum atomic E-state index is -4.92. The number of methoxy groups -OCH3 is 2. The normalized spacial score (nSPS) is 11.7. The molecule has 0 saturated heterocycles. The Hall–Kier alpha value is -6.66. The Labute approximate surface area is 485 Å². The summed E-state index contributed by atoms with van der Waals surface area (Å²) in [5, 5.41) is -0.0482. The van der Waals surface area contributed by atoms with Gasteiger partial charge in [0, 0.05) is 50.4 Å². The summed E-state index contributed by atoms with van der Waals surface area (Å²) in [4.78, 5) is 45.3. The van der Waals surface area contributed by atoms with Crippen LogP contribution in [0.2, 0.25) is 20.1 Å². The smallest absolute Gasteiger partial charge is 0.417 e. The SMILES string of the molecule is COCN(c1cc(Cl)cnc1Br)S(=O)(=O)c1ccc(Cl)c(C(F)(F)F)c1.COCN(c1cc(Cl)cnc1C(=O)c1ccccc1-c1ncco1)S(=O)(=O)c1ccc(Cl)c(C(F)(F)F)c1.CON(C)C(=O)c1ccccc1-c1ncco1. The lowest BCUT2D eigenvalue weighted by Gasteiger charge is -2.25. The monoisotopic (exact) mass is 1310 g/mol. The molecule has 428 valence electrons. The highest BCUT2D eigenvalue weighted by Gasteiger charge is 2.38. The Morgan fingerprint density at radius 1 is 0.605 bits per heavy atom. The molecule has 0 spiro atoms. The molecule has 31 heteroatoms. The third-order valence-corrected chi connectivity index (χ3v) is 15.9. The Balaban J connectivity index is 0.000000212. The van der Waals surface area contributed by atoms with E-state index in [0.29, 0.717) is 39.0 Å². The quantitative estimate of drug-likeness (QED) is 0.0289. The maximum absolute atomic E-state index is 13.7. The van der Waals surface area contributed by atoms with Gasteiger partial charge < -0.3 is 18.3 Å². The number of amides is 1. The summed E-state index contributed by atoms with van der Waals surface area (Å²) in [6.45, 7) is -1.16. The number of ether oxygens (including phenoxy) is 2. The maximum atomic E-state index is 13.7. The number of hydrogen-bond donors (Lipinski definition) is 0. The van der Waals surface area contributed by atoms with Crippen LogP contribution in [-0.2, 0) is 46.7 Å². The number of carbonyl (C=O) groups excluding carboxylic acids is 2. The number of nitrogens with zero attached hydrogens (tertiary/aromatic N) is 7. The van der Waals surface area contributed by atoms with Crippen LogP contribution in [-0.4, -0.2) is 95.4 Å². The van der Waals surface area contributed by atoms with Crippen molar-refractivity contribution in [2.24, 2.45) is 0 Å². The molecule has 8 aromatic rings. The molecule has 1 amide bonds. The molecule has 18 nitrogen and oxygen atoms in total. The van der Waals surface area contributed by atoms with Crippen molar-refractivity contribution in [2.45, 2.75) is 22.1 Å². The van der Waals surface area contributed by atoms with Gasteiger partial charge in [-0.05, 0) is 82.7 Å². The molecule has 8 rings (SSSR count). The molecule has 0 unspecified atom stereocenters. The molecule has 0 fully saturated rings. The predicted octanol–water partition coefficient (Wildman–Crippen LogP) is 13.0. The maximum Gasteiger partial charge on any atom is 0.417 e. The van der Waals surface area contributed by atoms with E-state index < -0.39 is 82.6 Å². The van der Waals surface area contributed by atoms with Gasteiger partial charge in [0.25, 0.3) is 26.0 Å². The van der Waals surface area contributed by atoms with Crippen LogP contribution >= 0.6 is 62.3 Å². The number of rotatable bonds is 16. The van der Waals surface area contributed by atoms with Gasteiger partial charge in [-0.25, -0.2) is 50.4 Å². The van der Waals surface area contributed by atoms with Crippen molar-refractivity contribution in [3.63, 3.8) is 0 Å². The zero-order valence-corrected chi connectivity index (χ0v) is 48.0. The Morgan fingerprint density at radius 2 is 1.04 bits per heavy atom. The van der Waals surface area contributed by atoms with Crippen LogP contribution in [0.3, 0.4) is 0 Å². The second kappa shape index (κ2) is 26.9. The third-order valence-electron chi connectivity index (χ3n) is 10.7. The van der Waals surface area contributed by atoms with Gasteiger partial charge in [-0.1, -0.05) is 76.7 Å². The molecular weight excluding hydrogens is 1270 g/mol. The van der Waals surface area contributed by atoms with Gasteiger partial charge in [-0.2, -0.15) is 26.3 Å². The average Bonchev–Trinajstić information content (AvgIpc) is 4.19. The van der Waals surface area contributed by atoms with E-state index in [9.17, 15) is 52.8 Å². The lowest BCUT2D eigenvalue weighted by Crippen LogP contribution is -2.34. The molecule has 4 aromatic heterocycles. The van der Waals surface area contributed by atoms with Crippen LogP contribution in [0, 0.1) is 0 Å². The van der Waals surface area contributed by atoms with Gasteiger partial charge in [-0.3, -0.25) is 14.4 Å². The summed E-state index contributed by atoms with van der Waals surface area (Å²) >= 11 is 26.3. The molecule has 0 atom stereocenters. The number of carbonyl (C=O) groups is 2. The van der Waals surface area contributed by atoms with E-state index in [1.54, 1.807) is 43.4 Å². The molecule has 0 aliphatic rings. The van der Waals surface area contributed by atoms with Gasteiger partial charge in [0.1, 0.15) is 36.3 Å². The van der Waals surface area contributed by atoms with Crippen LogP contribution < -0.4 is 8.61 Å². The fourth-order valence-corrected chi connectivity index (χ4v) is 11.1. The van der Waals surface area contributed by atoms with E-state index in [0.717, 1.165) is 45.9 Å². The van der Waals surface area contributed by atoms with Crippen molar-refractivity contribution in [3.05, 3.63) is 187 Å². The highest BCUT2D eigenvalue weighted by atomic mass is 79.9. The van der Waals surface area contributed by atoms with Crippen molar-refractivity contribution in [3.8, 4) is 22.9 Å². The lowest BCUT2D eigenvalue weighted by atomic mass is 10.0. The molecule has 0 radical (unpaired) electrons. The minimum Gasteiger partial charge on any atom is -0.445 e. The van der Waals surface area contributed by atoms with E-state index in [2.05, 4.69) is 35.9 Å². The van der Waals surface area contributed by atoms with E-state index in [-0.39, 0.29) is 49.1 Å². The number of alkyl halides is 6. The summed E-state index contributed by atoms with van der Waals surface area (Å²) in [5.41, 5.74) is -1.79. The summed E-state index contributed by atoms with van der Waals surface area (Å²) in [5.74, 6) is -0.430. The molecule has 0 bridgehead atoms. The number of hydrogen-bond acceptors (Lipinski definition) is 15. The van der Waals surface area contributed by atoms with E-state index in [4.69, 9.17) is 69.5 Å². The molecular formula is C50H38BrCl4F6N7O11S2. The number of pyridine rings is 2. The number of oxazole rings is 2. The van der Waals surface area contributed by atoms with Crippen LogP contribution in [0.5, 0.6) is 0 Å². The second-order valence-corrected chi connectivity index (χ2v) is 22.0. The number of anilines is 2.